The number of aromatic nitrogens is 1. The Labute approximate surface area is 137 Å². The highest BCUT2D eigenvalue weighted by Gasteiger charge is 2.41. The maximum absolute atomic E-state index is 6.97. The molecule has 116 valence electrons. The van der Waals surface area contributed by atoms with Crippen LogP contribution < -0.4 is 5.73 Å². The molecule has 0 bridgehead atoms. The first-order valence-corrected chi connectivity index (χ1v) is 9.35. The molecule has 2 aliphatic rings. The third-order valence-corrected chi connectivity index (χ3v) is 6.09. The van der Waals surface area contributed by atoms with Gasteiger partial charge in [-0.15, -0.1) is 0 Å². The van der Waals surface area contributed by atoms with Crippen LogP contribution in [0.2, 0.25) is 0 Å². The SMILES string of the molecule is NC1(Cc2cncc(Br)c2)CCCCC1C1CCCCC1. The minimum Gasteiger partial charge on any atom is -0.325 e. The second kappa shape index (κ2) is 6.78. The largest absolute Gasteiger partial charge is 0.325 e. The van der Waals surface area contributed by atoms with Gasteiger partial charge in [0.1, 0.15) is 0 Å². The Morgan fingerprint density at radius 2 is 1.86 bits per heavy atom. The molecule has 1 heterocycles. The Balaban J connectivity index is 1.77. The van der Waals surface area contributed by atoms with Gasteiger partial charge in [-0.1, -0.05) is 44.9 Å². The van der Waals surface area contributed by atoms with Crippen LogP contribution in [0.1, 0.15) is 63.4 Å². The summed E-state index contributed by atoms with van der Waals surface area (Å²) in [7, 11) is 0. The van der Waals surface area contributed by atoms with E-state index in [1.165, 1.54) is 63.4 Å². The molecule has 2 nitrogen and oxygen atoms in total. The van der Waals surface area contributed by atoms with Gasteiger partial charge in [0.15, 0.2) is 0 Å². The molecule has 2 unspecified atom stereocenters. The van der Waals surface area contributed by atoms with Gasteiger partial charge in [0.25, 0.3) is 0 Å². The van der Waals surface area contributed by atoms with Crippen LogP contribution in [0, 0.1) is 11.8 Å². The first-order valence-electron chi connectivity index (χ1n) is 8.56. The van der Waals surface area contributed by atoms with Gasteiger partial charge < -0.3 is 5.73 Å². The van der Waals surface area contributed by atoms with Crippen molar-refractivity contribution in [2.24, 2.45) is 17.6 Å². The molecule has 0 amide bonds. The normalized spacial score (nSPS) is 31.2. The van der Waals surface area contributed by atoms with E-state index >= 15 is 0 Å². The summed E-state index contributed by atoms with van der Waals surface area (Å²) in [5.41, 5.74) is 8.25. The second-order valence-corrected chi connectivity index (χ2v) is 8.09. The van der Waals surface area contributed by atoms with E-state index in [9.17, 15) is 0 Å². The minimum atomic E-state index is -0.0112. The minimum absolute atomic E-state index is 0.0112. The fraction of sp³-hybridized carbons (Fsp3) is 0.722. The Morgan fingerprint density at radius 1 is 1.10 bits per heavy atom. The first-order chi connectivity index (χ1) is 10.2. The first kappa shape index (κ1) is 15.5. The van der Waals surface area contributed by atoms with E-state index in [4.69, 9.17) is 5.73 Å². The molecule has 2 aliphatic carbocycles. The lowest BCUT2D eigenvalue weighted by Crippen LogP contribution is -2.53. The van der Waals surface area contributed by atoms with E-state index in [1.54, 1.807) is 0 Å². The smallest absolute Gasteiger partial charge is 0.0410 e. The van der Waals surface area contributed by atoms with Gasteiger partial charge in [-0.25, -0.2) is 0 Å². The van der Waals surface area contributed by atoms with Crippen molar-refractivity contribution in [3.8, 4) is 0 Å². The summed E-state index contributed by atoms with van der Waals surface area (Å²) < 4.78 is 1.06. The van der Waals surface area contributed by atoms with Crippen molar-refractivity contribution in [2.45, 2.75) is 69.7 Å². The van der Waals surface area contributed by atoms with Crippen molar-refractivity contribution in [2.75, 3.05) is 0 Å². The van der Waals surface area contributed by atoms with Crippen LogP contribution in [0.3, 0.4) is 0 Å². The fourth-order valence-corrected chi connectivity index (χ4v) is 5.10. The number of nitrogens with zero attached hydrogens (tertiary/aromatic N) is 1. The Hall–Kier alpha value is -0.410. The van der Waals surface area contributed by atoms with Crippen LogP contribution in [0.4, 0.5) is 0 Å². The van der Waals surface area contributed by atoms with Crippen molar-refractivity contribution < 1.29 is 0 Å². The zero-order valence-corrected chi connectivity index (χ0v) is 14.4. The van der Waals surface area contributed by atoms with E-state index < -0.39 is 0 Å². The molecular weight excluding hydrogens is 324 g/mol. The summed E-state index contributed by atoms with van der Waals surface area (Å²) in [5.74, 6) is 1.58. The molecule has 3 heteroatoms. The van der Waals surface area contributed by atoms with Crippen LogP contribution in [-0.2, 0) is 6.42 Å². The zero-order chi connectivity index (χ0) is 14.7. The highest BCUT2D eigenvalue weighted by Crippen LogP contribution is 2.44. The van der Waals surface area contributed by atoms with E-state index in [1.807, 2.05) is 12.4 Å². The van der Waals surface area contributed by atoms with Gasteiger partial charge in [0.2, 0.25) is 0 Å². The molecule has 0 aliphatic heterocycles. The van der Waals surface area contributed by atoms with Crippen molar-refractivity contribution in [1.29, 1.82) is 0 Å². The molecule has 2 atom stereocenters. The summed E-state index contributed by atoms with van der Waals surface area (Å²) in [6, 6.07) is 2.19. The summed E-state index contributed by atoms with van der Waals surface area (Å²) in [4.78, 5) is 4.32. The summed E-state index contributed by atoms with van der Waals surface area (Å²) in [6.07, 6.45) is 17.1. The van der Waals surface area contributed by atoms with Crippen LogP contribution in [0.25, 0.3) is 0 Å². The average Bonchev–Trinajstić information content (AvgIpc) is 2.48. The molecule has 0 radical (unpaired) electrons. The van der Waals surface area contributed by atoms with Gasteiger partial charge in [-0.05, 0) is 58.7 Å². The zero-order valence-electron chi connectivity index (χ0n) is 12.9. The van der Waals surface area contributed by atoms with Crippen LogP contribution in [-0.4, -0.2) is 10.5 Å². The summed E-state index contributed by atoms with van der Waals surface area (Å²) in [6.45, 7) is 0. The third kappa shape index (κ3) is 3.68. The van der Waals surface area contributed by atoms with E-state index in [0.717, 1.165) is 16.8 Å². The van der Waals surface area contributed by atoms with E-state index in [2.05, 4.69) is 27.0 Å². The molecule has 2 N–H and O–H groups in total. The maximum atomic E-state index is 6.97. The molecule has 1 aromatic heterocycles. The Kier molecular flexibility index (Phi) is 5.00. The predicted molar refractivity (Wildman–Crippen MR) is 91.1 cm³/mol. The standard InChI is InChI=1S/C18H27BrN2/c19-16-10-14(12-21-13-16)11-18(20)9-5-4-8-17(18)15-6-2-1-3-7-15/h10,12-13,15,17H,1-9,11,20H2. The topological polar surface area (TPSA) is 38.9 Å². The van der Waals surface area contributed by atoms with Gasteiger partial charge in [0.05, 0.1) is 0 Å². The van der Waals surface area contributed by atoms with Gasteiger partial charge in [-0.2, -0.15) is 0 Å². The molecule has 0 spiro atoms. The number of hydrogen-bond acceptors (Lipinski definition) is 2. The van der Waals surface area contributed by atoms with Crippen molar-refractivity contribution in [3.05, 3.63) is 28.5 Å². The molecular formula is C18H27BrN2. The molecule has 21 heavy (non-hydrogen) atoms. The fourth-order valence-electron chi connectivity index (χ4n) is 4.68. The van der Waals surface area contributed by atoms with Crippen molar-refractivity contribution in [1.82, 2.24) is 4.98 Å². The monoisotopic (exact) mass is 350 g/mol. The van der Waals surface area contributed by atoms with Crippen LogP contribution >= 0.6 is 15.9 Å². The van der Waals surface area contributed by atoms with Crippen LogP contribution in [0.15, 0.2) is 22.9 Å². The second-order valence-electron chi connectivity index (χ2n) is 7.17. The highest BCUT2D eigenvalue weighted by atomic mass is 79.9. The predicted octanol–water partition coefficient (Wildman–Crippen LogP) is 4.85. The lowest BCUT2D eigenvalue weighted by molar-refractivity contribution is 0.0994. The molecule has 0 saturated heterocycles. The summed E-state index contributed by atoms with van der Waals surface area (Å²) >= 11 is 3.53. The van der Waals surface area contributed by atoms with E-state index in [-0.39, 0.29) is 5.54 Å². The molecule has 2 saturated carbocycles. The van der Waals surface area contributed by atoms with Crippen molar-refractivity contribution in [3.63, 3.8) is 0 Å². The number of nitrogens with two attached hydrogens (primary N) is 1. The Morgan fingerprint density at radius 3 is 2.62 bits per heavy atom. The lowest BCUT2D eigenvalue weighted by atomic mass is 9.62. The lowest BCUT2D eigenvalue weighted by Gasteiger charge is -2.46. The number of hydrogen-bond donors (Lipinski definition) is 1. The van der Waals surface area contributed by atoms with Crippen molar-refractivity contribution >= 4 is 15.9 Å². The summed E-state index contributed by atoms with van der Waals surface area (Å²) in [5, 5.41) is 0. The number of halogens is 1. The van der Waals surface area contributed by atoms with Gasteiger partial charge in [-0.3, -0.25) is 4.98 Å². The molecule has 3 rings (SSSR count). The van der Waals surface area contributed by atoms with Crippen LogP contribution in [0.5, 0.6) is 0 Å². The third-order valence-electron chi connectivity index (χ3n) is 5.66. The molecule has 1 aromatic rings. The average molecular weight is 351 g/mol. The molecule has 0 aromatic carbocycles. The Bertz CT molecular complexity index is 470. The maximum Gasteiger partial charge on any atom is 0.0410 e. The van der Waals surface area contributed by atoms with Gasteiger partial charge in [0, 0.05) is 22.4 Å². The number of rotatable bonds is 3. The number of pyridine rings is 1. The highest BCUT2D eigenvalue weighted by molar-refractivity contribution is 9.10. The quantitative estimate of drug-likeness (QED) is 0.845. The van der Waals surface area contributed by atoms with E-state index in [0.29, 0.717) is 5.92 Å². The molecule has 2 fully saturated rings. The van der Waals surface area contributed by atoms with Gasteiger partial charge >= 0.3 is 0 Å².